The van der Waals surface area contributed by atoms with Gasteiger partial charge in [-0.2, -0.15) is 0 Å². The Labute approximate surface area is 78.5 Å². The average Bonchev–Trinajstić information content (AvgIpc) is 1.84. The van der Waals surface area contributed by atoms with E-state index < -0.39 is 17.6 Å². The molecule has 2 N–H and O–H groups in total. The van der Waals surface area contributed by atoms with Crippen LogP contribution in [0.5, 0.6) is 0 Å². The summed E-state index contributed by atoms with van der Waals surface area (Å²) in [5, 5.41) is 0. The monoisotopic (exact) mass is 232 g/mol. The molecule has 0 aromatic rings. The maximum absolute atomic E-state index is 11.0. The van der Waals surface area contributed by atoms with E-state index >= 15 is 0 Å². The second-order valence-electron chi connectivity index (χ2n) is 2.17. The first-order valence-corrected chi connectivity index (χ1v) is 8.20. The average molecular weight is 232 g/mol. The second-order valence-corrected chi connectivity index (χ2v) is 7.72. The van der Waals surface area contributed by atoms with Gasteiger partial charge in [0.05, 0.1) is 0 Å². The van der Waals surface area contributed by atoms with E-state index in [4.69, 9.17) is 9.79 Å². The molecule has 0 rings (SSSR count). The van der Waals surface area contributed by atoms with E-state index in [9.17, 15) is 8.77 Å². The fourth-order valence-electron chi connectivity index (χ4n) is 0.579. The largest absolute Gasteiger partial charge is 0.384 e. The smallest absolute Gasteiger partial charge is 0.317 e. The predicted molar refractivity (Wildman–Crippen MR) is 52.7 cm³/mol. The highest BCUT2D eigenvalue weighted by molar-refractivity contribution is 8.54. The van der Waals surface area contributed by atoms with Gasteiger partial charge in [-0.15, -0.1) is 0 Å². The Hall–Kier alpha value is 0.650. The van der Waals surface area contributed by atoms with Crippen LogP contribution in [0.25, 0.3) is 0 Å². The van der Waals surface area contributed by atoms with Crippen molar-refractivity contribution in [3.8, 4) is 0 Å². The third-order valence-corrected chi connectivity index (χ3v) is 5.06. The lowest BCUT2D eigenvalue weighted by Gasteiger charge is -2.02. The summed E-state index contributed by atoms with van der Waals surface area (Å²) in [5.41, 5.74) is 0. The Morgan fingerprint density at radius 3 is 2.42 bits per heavy atom. The standard InChI is InChI=1S/C5H13O4PS2/c1-2-4-12(9)5-3-11-10(6,7)8/h2-5H2,1H3,(H2,6,7,8). The van der Waals surface area contributed by atoms with E-state index in [1.165, 1.54) is 0 Å². The second kappa shape index (κ2) is 6.16. The van der Waals surface area contributed by atoms with E-state index in [-0.39, 0.29) is 5.75 Å². The van der Waals surface area contributed by atoms with Gasteiger partial charge in [-0.1, -0.05) is 6.92 Å². The fraction of sp³-hybridized carbons (Fsp3) is 1.00. The topological polar surface area (TPSA) is 74.6 Å². The third kappa shape index (κ3) is 8.74. The molecule has 0 bridgehead atoms. The van der Waals surface area contributed by atoms with E-state index in [1.807, 2.05) is 6.92 Å². The van der Waals surface area contributed by atoms with E-state index in [0.29, 0.717) is 22.9 Å². The van der Waals surface area contributed by atoms with Crippen LogP contribution in [0.3, 0.4) is 0 Å². The lowest BCUT2D eigenvalue weighted by atomic mass is 10.6. The molecule has 0 aliphatic rings. The Kier molecular flexibility index (Phi) is 6.49. The van der Waals surface area contributed by atoms with Gasteiger partial charge in [-0.3, -0.25) is 4.21 Å². The van der Waals surface area contributed by atoms with Crippen molar-refractivity contribution in [2.24, 2.45) is 0 Å². The van der Waals surface area contributed by atoms with Crippen LogP contribution in [-0.2, 0) is 15.4 Å². The quantitative estimate of drug-likeness (QED) is 0.667. The molecule has 0 aliphatic heterocycles. The van der Waals surface area contributed by atoms with Crippen molar-refractivity contribution in [2.75, 3.05) is 17.3 Å². The molecule has 0 saturated heterocycles. The SMILES string of the molecule is CCCS(=O)CCSP(=O)(O)O. The Balaban J connectivity index is 3.44. The fourth-order valence-corrected chi connectivity index (χ4v) is 3.90. The molecule has 0 amide bonds. The highest BCUT2D eigenvalue weighted by Crippen LogP contribution is 2.49. The summed E-state index contributed by atoms with van der Waals surface area (Å²) < 4.78 is 21.3. The summed E-state index contributed by atoms with van der Waals surface area (Å²) in [5.74, 6) is 1.24. The molecule has 7 heteroatoms. The molecule has 0 spiro atoms. The summed E-state index contributed by atoms with van der Waals surface area (Å²) in [6, 6.07) is 0. The molecule has 1 atom stereocenters. The molecule has 0 saturated carbocycles. The zero-order valence-electron chi connectivity index (χ0n) is 6.80. The van der Waals surface area contributed by atoms with Crippen molar-refractivity contribution in [1.82, 2.24) is 0 Å². The minimum absolute atomic E-state index is 0.261. The minimum Gasteiger partial charge on any atom is -0.317 e. The maximum Gasteiger partial charge on any atom is 0.384 e. The molecule has 4 nitrogen and oxygen atoms in total. The minimum atomic E-state index is -3.96. The van der Waals surface area contributed by atoms with Gasteiger partial charge in [0.1, 0.15) is 0 Å². The van der Waals surface area contributed by atoms with Gasteiger partial charge in [0, 0.05) is 28.1 Å². The Morgan fingerprint density at radius 2 is 2.00 bits per heavy atom. The molecule has 1 unspecified atom stereocenters. The summed E-state index contributed by atoms with van der Waals surface area (Å²) >= 11 is 0.561. The first-order valence-electron chi connectivity index (χ1n) is 3.50. The summed E-state index contributed by atoms with van der Waals surface area (Å²) in [7, 11) is -0.919. The van der Waals surface area contributed by atoms with Crippen molar-refractivity contribution in [3.63, 3.8) is 0 Å². The Bertz CT molecular complexity index is 190. The van der Waals surface area contributed by atoms with Crippen LogP contribution in [0, 0.1) is 0 Å². The summed E-state index contributed by atoms with van der Waals surface area (Å²) in [4.78, 5) is 16.9. The van der Waals surface area contributed by atoms with Crippen LogP contribution in [0.1, 0.15) is 13.3 Å². The summed E-state index contributed by atoms with van der Waals surface area (Å²) in [6.07, 6.45) is 0.840. The lowest BCUT2D eigenvalue weighted by molar-refractivity contribution is 0.397. The number of hydrogen-bond donors (Lipinski definition) is 2. The maximum atomic E-state index is 11.0. The highest BCUT2D eigenvalue weighted by Gasteiger charge is 2.13. The van der Waals surface area contributed by atoms with Gasteiger partial charge in [0.15, 0.2) is 0 Å². The van der Waals surface area contributed by atoms with E-state index in [0.717, 1.165) is 6.42 Å². The molecule has 74 valence electrons. The molecule has 12 heavy (non-hydrogen) atoms. The van der Waals surface area contributed by atoms with Crippen LogP contribution in [-0.4, -0.2) is 31.3 Å². The predicted octanol–water partition coefficient (Wildman–Crippen LogP) is 0.971. The first-order chi connectivity index (χ1) is 5.45. The van der Waals surface area contributed by atoms with Crippen molar-refractivity contribution >= 4 is 29.0 Å². The van der Waals surface area contributed by atoms with E-state index in [2.05, 4.69) is 0 Å². The van der Waals surface area contributed by atoms with E-state index in [1.54, 1.807) is 0 Å². The molecular formula is C5H13O4PS2. The highest BCUT2D eigenvalue weighted by atomic mass is 32.7. The van der Waals surface area contributed by atoms with Crippen LogP contribution >= 0.6 is 18.2 Å². The van der Waals surface area contributed by atoms with Crippen LogP contribution in [0.2, 0.25) is 0 Å². The number of hydrogen-bond acceptors (Lipinski definition) is 3. The zero-order chi connectivity index (χ0) is 9.61. The zero-order valence-corrected chi connectivity index (χ0v) is 9.33. The molecule has 0 aromatic carbocycles. The molecule has 0 heterocycles. The van der Waals surface area contributed by atoms with Crippen LogP contribution in [0.15, 0.2) is 0 Å². The van der Waals surface area contributed by atoms with Gasteiger partial charge in [-0.25, -0.2) is 4.57 Å². The molecule has 0 radical (unpaired) electrons. The normalized spacial score (nSPS) is 14.6. The van der Waals surface area contributed by atoms with Gasteiger partial charge >= 0.3 is 6.80 Å². The van der Waals surface area contributed by atoms with Gasteiger partial charge < -0.3 is 9.79 Å². The molecule has 0 aromatic heterocycles. The first kappa shape index (κ1) is 12.7. The lowest BCUT2D eigenvalue weighted by Crippen LogP contribution is -2.03. The van der Waals surface area contributed by atoms with Gasteiger partial charge in [0.2, 0.25) is 0 Å². The van der Waals surface area contributed by atoms with Crippen molar-refractivity contribution in [3.05, 3.63) is 0 Å². The van der Waals surface area contributed by atoms with Crippen molar-refractivity contribution in [1.29, 1.82) is 0 Å². The Morgan fingerprint density at radius 1 is 1.42 bits per heavy atom. The molecule has 0 aliphatic carbocycles. The van der Waals surface area contributed by atoms with Crippen molar-refractivity contribution < 1.29 is 18.6 Å². The van der Waals surface area contributed by atoms with Gasteiger partial charge in [0.25, 0.3) is 0 Å². The molecule has 0 fully saturated rings. The van der Waals surface area contributed by atoms with Crippen LogP contribution < -0.4 is 0 Å². The molecular weight excluding hydrogens is 219 g/mol. The van der Waals surface area contributed by atoms with Gasteiger partial charge in [-0.05, 0) is 17.8 Å². The number of rotatable bonds is 6. The summed E-state index contributed by atoms with van der Waals surface area (Å²) in [6.45, 7) is -2.03. The third-order valence-electron chi connectivity index (χ3n) is 1.00. The van der Waals surface area contributed by atoms with Crippen molar-refractivity contribution in [2.45, 2.75) is 13.3 Å². The van der Waals surface area contributed by atoms with Crippen LogP contribution in [0.4, 0.5) is 0 Å².